The average molecular weight is 311 g/mol. The van der Waals surface area contributed by atoms with E-state index in [1.807, 2.05) is 18.3 Å². The van der Waals surface area contributed by atoms with E-state index >= 15 is 0 Å². The fraction of sp³-hybridized carbons (Fsp3) is 0.176. The van der Waals surface area contributed by atoms with Gasteiger partial charge in [-0.25, -0.2) is 4.98 Å². The van der Waals surface area contributed by atoms with Crippen LogP contribution in [0.4, 0.5) is 5.69 Å². The highest BCUT2D eigenvalue weighted by molar-refractivity contribution is 5.95. The molecule has 0 saturated heterocycles. The molecule has 2 aromatic heterocycles. The summed E-state index contributed by atoms with van der Waals surface area (Å²) in [5.74, 6) is 0.554. The molecule has 0 radical (unpaired) electrons. The number of ether oxygens (including phenoxy) is 1. The number of carbonyl (C=O) groups is 1. The maximum absolute atomic E-state index is 12.2. The minimum absolute atomic E-state index is 0.0298. The second kappa shape index (κ2) is 6.93. The maximum atomic E-state index is 12.2. The Morgan fingerprint density at radius 1 is 1.26 bits per heavy atom. The van der Waals surface area contributed by atoms with E-state index in [-0.39, 0.29) is 25.5 Å². The van der Waals surface area contributed by atoms with Crippen LogP contribution >= 0.6 is 0 Å². The Bertz CT molecular complexity index is 796. The Morgan fingerprint density at radius 3 is 2.87 bits per heavy atom. The molecule has 1 aromatic carbocycles. The quantitative estimate of drug-likeness (QED) is 0.651. The van der Waals surface area contributed by atoms with E-state index in [0.29, 0.717) is 11.4 Å². The Labute approximate surface area is 133 Å². The van der Waals surface area contributed by atoms with Crippen LogP contribution in [0.25, 0.3) is 11.0 Å². The number of aromatic nitrogens is 2. The summed E-state index contributed by atoms with van der Waals surface area (Å²) in [6.07, 6.45) is 3.79. The molecule has 0 spiro atoms. The van der Waals surface area contributed by atoms with Crippen molar-refractivity contribution < 1.29 is 14.6 Å². The normalized spacial score (nSPS) is 10.7. The zero-order valence-electron chi connectivity index (χ0n) is 12.5. The van der Waals surface area contributed by atoms with Crippen LogP contribution in [0.5, 0.6) is 5.75 Å². The number of benzene rings is 1. The molecule has 118 valence electrons. The first-order valence-electron chi connectivity index (χ1n) is 7.31. The molecular weight excluding hydrogens is 294 g/mol. The lowest BCUT2D eigenvalue weighted by molar-refractivity contribution is -0.115. The van der Waals surface area contributed by atoms with Gasteiger partial charge in [0.2, 0.25) is 5.91 Å². The van der Waals surface area contributed by atoms with Gasteiger partial charge in [0.05, 0.1) is 13.0 Å². The summed E-state index contributed by atoms with van der Waals surface area (Å²) in [4.78, 5) is 19.4. The van der Waals surface area contributed by atoms with Crippen LogP contribution in [0.1, 0.15) is 5.56 Å². The Kier molecular flexibility index (Phi) is 4.54. The van der Waals surface area contributed by atoms with Crippen molar-refractivity contribution in [2.24, 2.45) is 0 Å². The van der Waals surface area contributed by atoms with Crippen molar-refractivity contribution in [3.05, 3.63) is 54.4 Å². The summed E-state index contributed by atoms with van der Waals surface area (Å²) in [5.41, 5.74) is 2.39. The van der Waals surface area contributed by atoms with Gasteiger partial charge >= 0.3 is 0 Å². The van der Waals surface area contributed by atoms with E-state index in [1.165, 1.54) is 0 Å². The predicted molar refractivity (Wildman–Crippen MR) is 87.5 cm³/mol. The number of rotatable bonds is 6. The van der Waals surface area contributed by atoms with Gasteiger partial charge in [-0.3, -0.25) is 4.79 Å². The zero-order valence-corrected chi connectivity index (χ0v) is 12.5. The Balaban J connectivity index is 1.63. The number of nitrogens with one attached hydrogen (secondary N) is 2. The summed E-state index contributed by atoms with van der Waals surface area (Å²) in [5, 5.41) is 12.5. The standard InChI is InChI=1S/C17H17N3O3/c21-8-9-23-14-5-3-13(4-6-14)20-16(22)10-12-11-19-17-15(12)2-1-7-18-17/h1-7,11,21H,8-10H2,(H,18,19)(H,20,22). The molecule has 6 nitrogen and oxygen atoms in total. The third kappa shape index (κ3) is 3.67. The molecule has 3 rings (SSSR count). The maximum Gasteiger partial charge on any atom is 0.228 e. The molecule has 0 atom stereocenters. The number of nitrogens with zero attached hydrogens (tertiary/aromatic N) is 1. The number of fused-ring (bicyclic) bond motifs is 1. The number of H-pyrrole nitrogens is 1. The van der Waals surface area contributed by atoms with E-state index < -0.39 is 0 Å². The van der Waals surface area contributed by atoms with Gasteiger partial charge in [-0.2, -0.15) is 0 Å². The average Bonchev–Trinajstić information content (AvgIpc) is 2.97. The summed E-state index contributed by atoms with van der Waals surface area (Å²) in [6, 6.07) is 10.8. The summed E-state index contributed by atoms with van der Waals surface area (Å²) < 4.78 is 5.27. The molecule has 3 N–H and O–H groups in total. The lowest BCUT2D eigenvalue weighted by atomic mass is 10.1. The van der Waals surface area contributed by atoms with Crippen molar-refractivity contribution in [3.63, 3.8) is 0 Å². The third-order valence-corrected chi connectivity index (χ3v) is 3.39. The highest BCUT2D eigenvalue weighted by Crippen LogP contribution is 2.18. The molecule has 0 unspecified atom stereocenters. The zero-order chi connectivity index (χ0) is 16.1. The molecule has 0 aliphatic carbocycles. The van der Waals surface area contributed by atoms with Crippen molar-refractivity contribution in [2.45, 2.75) is 6.42 Å². The highest BCUT2D eigenvalue weighted by atomic mass is 16.5. The summed E-state index contributed by atoms with van der Waals surface area (Å²) in [6.45, 7) is 0.221. The lowest BCUT2D eigenvalue weighted by Gasteiger charge is -2.07. The molecular formula is C17H17N3O3. The SMILES string of the molecule is O=C(Cc1c[nH]c2ncccc12)Nc1ccc(OCCO)cc1. The van der Waals surface area contributed by atoms with Crippen LogP contribution in [0.2, 0.25) is 0 Å². The van der Waals surface area contributed by atoms with E-state index in [1.54, 1.807) is 30.5 Å². The number of pyridine rings is 1. The minimum Gasteiger partial charge on any atom is -0.491 e. The van der Waals surface area contributed by atoms with E-state index in [9.17, 15) is 4.79 Å². The van der Waals surface area contributed by atoms with Gasteiger partial charge in [-0.15, -0.1) is 0 Å². The van der Waals surface area contributed by atoms with E-state index in [2.05, 4.69) is 15.3 Å². The molecule has 0 aliphatic heterocycles. The Hall–Kier alpha value is -2.86. The highest BCUT2D eigenvalue weighted by Gasteiger charge is 2.09. The second-order valence-corrected chi connectivity index (χ2v) is 5.03. The molecule has 0 saturated carbocycles. The molecule has 3 aromatic rings. The number of hydrogen-bond donors (Lipinski definition) is 3. The van der Waals surface area contributed by atoms with E-state index in [4.69, 9.17) is 9.84 Å². The first-order chi connectivity index (χ1) is 11.3. The monoisotopic (exact) mass is 311 g/mol. The molecule has 1 amide bonds. The number of hydrogen-bond acceptors (Lipinski definition) is 4. The van der Waals surface area contributed by atoms with Crippen LogP contribution in [-0.4, -0.2) is 34.2 Å². The topological polar surface area (TPSA) is 87.2 Å². The number of aromatic amines is 1. The van der Waals surface area contributed by atoms with Crippen molar-refractivity contribution in [2.75, 3.05) is 18.5 Å². The fourth-order valence-corrected chi connectivity index (χ4v) is 2.34. The van der Waals surface area contributed by atoms with Gasteiger partial charge in [0, 0.05) is 23.5 Å². The molecule has 0 fully saturated rings. The minimum atomic E-state index is -0.0984. The molecule has 6 heteroatoms. The molecule has 2 heterocycles. The van der Waals surface area contributed by atoms with Gasteiger partial charge in [0.25, 0.3) is 0 Å². The summed E-state index contributed by atoms with van der Waals surface area (Å²) >= 11 is 0. The lowest BCUT2D eigenvalue weighted by Crippen LogP contribution is -2.14. The third-order valence-electron chi connectivity index (χ3n) is 3.39. The van der Waals surface area contributed by atoms with E-state index in [0.717, 1.165) is 16.6 Å². The van der Waals surface area contributed by atoms with Gasteiger partial charge in [-0.05, 0) is 42.0 Å². The molecule has 23 heavy (non-hydrogen) atoms. The first kappa shape index (κ1) is 15.1. The smallest absolute Gasteiger partial charge is 0.228 e. The second-order valence-electron chi connectivity index (χ2n) is 5.03. The van der Waals surface area contributed by atoms with Crippen molar-refractivity contribution in [3.8, 4) is 5.75 Å². The number of aliphatic hydroxyl groups is 1. The molecule has 0 aliphatic rings. The van der Waals surface area contributed by atoms with Crippen molar-refractivity contribution >= 4 is 22.6 Å². The van der Waals surface area contributed by atoms with Crippen LogP contribution in [0, 0.1) is 0 Å². The van der Waals surface area contributed by atoms with Gasteiger partial charge < -0.3 is 20.1 Å². The number of carbonyl (C=O) groups excluding carboxylic acids is 1. The van der Waals surface area contributed by atoms with Crippen LogP contribution in [0.15, 0.2) is 48.8 Å². The van der Waals surface area contributed by atoms with Crippen LogP contribution < -0.4 is 10.1 Å². The van der Waals surface area contributed by atoms with Gasteiger partial charge in [0.1, 0.15) is 18.0 Å². The molecule has 0 bridgehead atoms. The van der Waals surface area contributed by atoms with Crippen LogP contribution in [0.3, 0.4) is 0 Å². The number of anilines is 1. The summed E-state index contributed by atoms with van der Waals surface area (Å²) in [7, 11) is 0. The van der Waals surface area contributed by atoms with Gasteiger partial charge in [-0.1, -0.05) is 0 Å². The van der Waals surface area contributed by atoms with Crippen molar-refractivity contribution in [1.82, 2.24) is 9.97 Å². The largest absolute Gasteiger partial charge is 0.491 e. The van der Waals surface area contributed by atoms with Crippen molar-refractivity contribution in [1.29, 1.82) is 0 Å². The van der Waals surface area contributed by atoms with Gasteiger partial charge in [0.15, 0.2) is 0 Å². The number of amides is 1. The Morgan fingerprint density at radius 2 is 2.09 bits per heavy atom. The fourth-order valence-electron chi connectivity index (χ4n) is 2.34. The predicted octanol–water partition coefficient (Wildman–Crippen LogP) is 2.12. The first-order valence-corrected chi connectivity index (χ1v) is 7.31. The van der Waals surface area contributed by atoms with Crippen LogP contribution in [-0.2, 0) is 11.2 Å². The number of aliphatic hydroxyl groups excluding tert-OH is 1.